The van der Waals surface area contributed by atoms with Crippen LogP contribution >= 0.6 is 0 Å². The second kappa shape index (κ2) is 9.46. The molecule has 4 rings (SSSR count). The third-order valence-corrected chi connectivity index (χ3v) is 5.06. The number of aromatic nitrogens is 3. The van der Waals surface area contributed by atoms with E-state index >= 15 is 0 Å². The van der Waals surface area contributed by atoms with E-state index in [0.717, 1.165) is 31.7 Å². The molecule has 10 heteroatoms. The summed E-state index contributed by atoms with van der Waals surface area (Å²) >= 11 is 0. The molecule has 3 aromatic rings. The summed E-state index contributed by atoms with van der Waals surface area (Å²) in [6.45, 7) is 2.80. The number of esters is 1. The van der Waals surface area contributed by atoms with Crippen molar-refractivity contribution in [2.24, 2.45) is 0 Å². The average Bonchev–Trinajstić information content (AvgIpc) is 3.25. The van der Waals surface area contributed by atoms with Gasteiger partial charge in [0.25, 0.3) is 0 Å². The first-order chi connectivity index (χ1) is 15.5. The summed E-state index contributed by atoms with van der Waals surface area (Å²) in [7, 11) is 0. The molecule has 0 atom stereocenters. The number of amides is 1. The first-order valence-electron chi connectivity index (χ1n) is 10.3. The summed E-state index contributed by atoms with van der Waals surface area (Å²) in [6.07, 6.45) is 4.55. The predicted molar refractivity (Wildman–Crippen MR) is 117 cm³/mol. The number of carbonyl (C=O) groups excluding carboxylic acids is 2. The summed E-state index contributed by atoms with van der Waals surface area (Å²) in [5, 5.41) is 10.0. The lowest BCUT2D eigenvalue weighted by molar-refractivity contribution is -0.131. The van der Waals surface area contributed by atoms with E-state index in [-0.39, 0.29) is 18.0 Å². The second-order valence-electron chi connectivity index (χ2n) is 7.41. The van der Waals surface area contributed by atoms with E-state index in [1.165, 1.54) is 30.1 Å². The molecule has 0 unspecified atom stereocenters. The van der Waals surface area contributed by atoms with E-state index in [2.05, 4.69) is 25.6 Å². The highest BCUT2D eigenvalue weighted by Gasteiger charge is 2.22. The molecule has 0 saturated carbocycles. The number of rotatable bonds is 5. The van der Waals surface area contributed by atoms with Crippen LogP contribution in [0, 0.1) is 5.82 Å². The third-order valence-electron chi connectivity index (χ3n) is 5.06. The lowest BCUT2D eigenvalue weighted by Gasteiger charge is -2.33. The number of ether oxygens (including phenoxy) is 1. The Bertz CT molecular complexity index is 1090. The zero-order chi connectivity index (χ0) is 22.5. The van der Waals surface area contributed by atoms with E-state index in [4.69, 9.17) is 4.74 Å². The number of piperidine rings is 1. The fraction of sp³-hybridized carbons (Fsp3) is 0.273. The zero-order valence-corrected chi connectivity index (χ0v) is 17.5. The first kappa shape index (κ1) is 21.3. The van der Waals surface area contributed by atoms with Gasteiger partial charge in [-0.3, -0.25) is 4.79 Å². The number of carbonyl (C=O) groups is 2. The number of nitrogens with zero attached hydrogens (tertiary/aromatic N) is 4. The number of pyridine rings is 1. The van der Waals surface area contributed by atoms with Gasteiger partial charge in [0.05, 0.1) is 11.9 Å². The van der Waals surface area contributed by atoms with Gasteiger partial charge in [-0.25, -0.2) is 14.2 Å². The largest absolute Gasteiger partial charge is 0.425 e. The fourth-order valence-electron chi connectivity index (χ4n) is 3.48. The molecule has 0 bridgehead atoms. The fourth-order valence-corrected chi connectivity index (χ4v) is 3.48. The lowest BCUT2D eigenvalue weighted by atomic mass is 10.1. The van der Waals surface area contributed by atoms with Crippen LogP contribution in [0.2, 0.25) is 0 Å². The van der Waals surface area contributed by atoms with E-state index in [0.29, 0.717) is 17.3 Å². The number of hydrogen-bond acceptors (Lipinski definition) is 7. The normalized spacial score (nSPS) is 14.1. The molecule has 1 amide bonds. The standard InChI is InChI=1S/C22H23FN6O3/c1-15(30)32-17-6-7-21(24-14-17)28-11-8-16(9-12-28)25-22(31)29-13-10-20(27-29)26-19-5-3-2-4-18(19)23/h2-7,10,13-14,16H,8-9,11-12H2,1H3,(H,25,31)(H,26,27). The minimum absolute atomic E-state index is 0.00578. The van der Waals surface area contributed by atoms with E-state index in [9.17, 15) is 14.0 Å². The Hall–Kier alpha value is -3.95. The molecule has 2 aromatic heterocycles. The van der Waals surface area contributed by atoms with Gasteiger partial charge in [-0.1, -0.05) is 12.1 Å². The number of halogens is 1. The summed E-state index contributed by atoms with van der Waals surface area (Å²) in [5.74, 6) is 0.800. The lowest BCUT2D eigenvalue weighted by Crippen LogP contribution is -2.46. The van der Waals surface area contributed by atoms with E-state index in [1.807, 2.05) is 6.07 Å². The average molecular weight is 438 g/mol. The van der Waals surface area contributed by atoms with Crippen LogP contribution in [0.1, 0.15) is 19.8 Å². The van der Waals surface area contributed by atoms with Crippen LogP contribution in [0.25, 0.3) is 0 Å². The molecule has 32 heavy (non-hydrogen) atoms. The monoisotopic (exact) mass is 438 g/mol. The number of hydrogen-bond donors (Lipinski definition) is 2. The Kier molecular flexibility index (Phi) is 6.29. The van der Waals surface area contributed by atoms with Crippen LogP contribution in [-0.2, 0) is 4.79 Å². The summed E-state index contributed by atoms with van der Waals surface area (Å²) < 4.78 is 20.0. The molecule has 1 aromatic carbocycles. The Balaban J connectivity index is 1.28. The van der Waals surface area contributed by atoms with Crippen LogP contribution < -0.4 is 20.3 Å². The van der Waals surface area contributed by atoms with Crippen molar-refractivity contribution in [3.63, 3.8) is 0 Å². The molecule has 1 saturated heterocycles. The minimum Gasteiger partial charge on any atom is -0.425 e. The second-order valence-corrected chi connectivity index (χ2v) is 7.41. The molecule has 1 aliphatic rings. The van der Waals surface area contributed by atoms with Crippen molar-refractivity contribution in [1.82, 2.24) is 20.1 Å². The van der Waals surface area contributed by atoms with Crippen LogP contribution in [-0.4, -0.2) is 45.9 Å². The van der Waals surface area contributed by atoms with Gasteiger partial charge in [0.1, 0.15) is 17.4 Å². The number of anilines is 3. The van der Waals surface area contributed by atoms with Gasteiger partial charge in [-0.2, -0.15) is 4.68 Å². The number of benzene rings is 1. The van der Waals surface area contributed by atoms with Crippen molar-refractivity contribution in [3.05, 3.63) is 60.7 Å². The molecule has 3 heterocycles. The Morgan fingerprint density at radius 3 is 2.59 bits per heavy atom. The highest BCUT2D eigenvalue weighted by atomic mass is 19.1. The van der Waals surface area contributed by atoms with Gasteiger partial charge in [0.2, 0.25) is 0 Å². The van der Waals surface area contributed by atoms with Gasteiger partial charge in [0.15, 0.2) is 5.82 Å². The quantitative estimate of drug-likeness (QED) is 0.590. The van der Waals surface area contributed by atoms with Crippen molar-refractivity contribution >= 4 is 29.3 Å². The first-order valence-corrected chi connectivity index (χ1v) is 10.3. The Morgan fingerprint density at radius 1 is 1.12 bits per heavy atom. The maximum Gasteiger partial charge on any atom is 0.342 e. The third kappa shape index (κ3) is 5.20. The number of nitrogens with one attached hydrogen (secondary N) is 2. The Labute approximate surface area is 184 Å². The smallest absolute Gasteiger partial charge is 0.342 e. The number of para-hydroxylation sites is 1. The summed E-state index contributed by atoms with van der Waals surface area (Å²) in [4.78, 5) is 30.0. The molecular weight excluding hydrogens is 415 g/mol. The van der Waals surface area contributed by atoms with Crippen molar-refractivity contribution in [3.8, 4) is 5.75 Å². The molecule has 0 spiro atoms. The molecular formula is C22H23FN6O3. The highest BCUT2D eigenvalue weighted by Crippen LogP contribution is 2.21. The minimum atomic E-state index is -0.395. The molecule has 1 fully saturated rings. The zero-order valence-electron chi connectivity index (χ0n) is 17.5. The highest BCUT2D eigenvalue weighted by molar-refractivity contribution is 5.76. The Morgan fingerprint density at radius 2 is 1.91 bits per heavy atom. The van der Waals surface area contributed by atoms with Gasteiger partial charge >= 0.3 is 12.0 Å². The van der Waals surface area contributed by atoms with Crippen molar-refractivity contribution in [2.75, 3.05) is 23.3 Å². The maximum absolute atomic E-state index is 13.8. The van der Waals surface area contributed by atoms with Crippen molar-refractivity contribution in [1.29, 1.82) is 0 Å². The van der Waals surface area contributed by atoms with Gasteiger partial charge < -0.3 is 20.3 Å². The van der Waals surface area contributed by atoms with Gasteiger partial charge in [-0.05, 0) is 37.1 Å². The van der Waals surface area contributed by atoms with Crippen LogP contribution in [0.15, 0.2) is 54.9 Å². The molecule has 166 valence electrons. The summed E-state index contributed by atoms with van der Waals surface area (Å²) in [5.41, 5.74) is 0.292. The molecule has 2 N–H and O–H groups in total. The van der Waals surface area contributed by atoms with Crippen LogP contribution in [0.3, 0.4) is 0 Å². The topological polar surface area (TPSA) is 101 Å². The van der Waals surface area contributed by atoms with Crippen LogP contribution in [0.5, 0.6) is 5.75 Å². The van der Waals surface area contributed by atoms with E-state index < -0.39 is 5.82 Å². The SMILES string of the molecule is CC(=O)Oc1ccc(N2CCC(NC(=O)n3ccc(Nc4ccccc4F)n3)CC2)nc1. The van der Waals surface area contributed by atoms with Gasteiger partial charge in [0, 0.05) is 38.3 Å². The molecule has 9 nitrogen and oxygen atoms in total. The molecule has 1 aliphatic heterocycles. The van der Waals surface area contributed by atoms with E-state index in [1.54, 1.807) is 30.3 Å². The molecule has 0 aliphatic carbocycles. The maximum atomic E-state index is 13.8. The van der Waals surface area contributed by atoms with Gasteiger partial charge in [-0.15, -0.1) is 5.10 Å². The van der Waals surface area contributed by atoms with Crippen molar-refractivity contribution in [2.45, 2.75) is 25.8 Å². The predicted octanol–water partition coefficient (Wildman–Crippen LogP) is 3.31. The summed E-state index contributed by atoms with van der Waals surface area (Å²) in [6, 6.07) is 11.1. The van der Waals surface area contributed by atoms with Crippen molar-refractivity contribution < 1.29 is 18.7 Å². The molecule has 0 radical (unpaired) electrons. The van der Waals surface area contributed by atoms with Crippen LogP contribution in [0.4, 0.5) is 26.5 Å².